The summed E-state index contributed by atoms with van der Waals surface area (Å²) in [5.41, 5.74) is 1.77. The third-order valence-corrected chi connectivity index (χ3v) is 12.1. The van der Waals surface area contributed by atoms with Crippen LogP contribution < -0.4 is 4.31 Å². The molecular weight excluding hydrogens is 516 g/mol. The average molecular weight is 551 g/mol. The SMILES string of the molecule is Cc1c(Cl)cccc1S(=O)(=O)N(CCOC1CCCCO1)c1nc(C23CC4CC(CC(C4)C2)C3)cs1. The second-order valence-electron chi connectivity index (χ2n) is 11.3. The summed E-state index contributed by atoms with van der Waals surface area (Å²) < 4.78 is 41.1. The molecule has 0 amide bonds. The molecule has 36 heavy (non-hydrogen) atoms. The van der Waals surface area contributed by atoms with Gasteiger partial charge in [-0.3, -0.25) is 0 Å². The van der Waals surface area contributed by atoms with E-state index in [2.05, 4.69) is 5.38 Å². The molecule has 196 valence electrons. The van der Waals surface area contributed by atoms with Crippen molar-refractivity contribution in [2.75, 3.05) is 24.1 Å². The molecule has 6 nitrogen and oxygen atoms in total. The minimum absolute atomic E-state index is 0.122. The Hall–Kier alpha value is -1.19. The molecule has 4 aliphatic carbocycles. The zero-order chi connectivity index (χ0) is 24.9. The fraction of sp³-hybridized carbons (Fsp3) is 0.667. The molecule has 2 aromatic rings. The van der Waals surface area contributed by atoms with Crippen molar-refractivity contribution in [3.8, 4) is 0 Å². The Morgan fingerprint density at radius 1 is 1.17 bits per heavy atom. The van der Waals surface area contributed by atoms with Crippen molar-refractivity contribution < 1.29 is 17.9 Å². The van der Waals surface area contributed by atoms with E-state index in [4.69, 9.17) is 26.1 Å². The number of sulfonamides is 1. The fourth-order valence-electron chi connectivity index (χ4n) is 7.46. The molecule has 9 heteroatoms. The van der Waals surface area contributed by atoms with Crippen LogP contribution in [0.15, 0.2) is 28.5 Å². The lowest BCUT2D eigenvalue weighted by Crippen LogP contribution is -2.48. The second-order valence-corrected chi connectivity index (χ2v) is 14.4. The largest absolute Gasteiger partial charge is 0.353 e. The fourth-order valence-corrected chi connectivity index (χ4v) is 10.5. The molecule has 4 saturated carbocycles. The van der Waals surface area contributed by atoms with Gasteiger partial charge in [-0.2, -0.15) is 0 Å². The maximum absolute atomic E-state index is 14.0. The van der Waals surface area contributed by atoms with Crippen LogP contribution in [0.1, 0.15) is 69.0 Å². The summed E-state index contributed by atoms with van der Waals surface area (Å²) in [6.07, 6.45) is 10.4. The Bertz CT molecular complexity index is 1170. The van der Waals surface area contributed by atoms with E-state index < -0.39 is 10.0 Å². The zero-order valence-corrected chi connectivity index (χ0v) is 23.2. The van der Waals surface area contributed by atoms with Crippen LogP contribution in [0.4, 0.5) is 5.13 Å². The number of benzene rings is 1. The number of hydrogen-bond donors (Lipinski definition) is 0. The Labute approximate surface area is 223 Å². The van der Waals surface area contributed by atoms with Gasteiger partial charge in [-0.15, -0.1) is 11.3 Å². The number of thiazole rings is 1. The van der Waals surface area contributed by atoms with Gasteiger partial charge in [-0.1, -0.05) is 17.7 Å². The second kappa shape index (κ2) is 9.84. The van der Waals surface area contributed by atoms with E-state index in [0.29, 0.717) is 22.3 Å². The van der Waals surface area contributed by atoms with E-state index in [-0.39, 0.29) is 29.8 Å². The van der Waals surface area contributed by atoms with E-state index >= 15 is 0 Å². The van der Waals surface area contributed by atoms with Crippen molar-refractivity contribution in [2.45, 2.75) is 81.3 Å². The predicted molar refractivity (Wildman–Crippen MR) is 142 cm³/mol. The first-order chi connectivity index (χ1) is 17.3. The molecule has 0 radical (unpaired) electrons. The first-order valence-corrected chi connectivity index (χ1v) is 16.0. The van der Waals surface area contributed by atoms with Crippen molar-refractivity contribution in [3.63, 3.8) is 0 Å². The normalized spacial score (nSPS) is 31.6. The van der Waals surface area contributed by atoms with Crippen LogP contribution in [-0.4, -0.2) is 39.5 Å². The summed E-state index contributed by atoms with van der Waals surface area (Å²) in [7, 11) is -3.88. The highest BCUT2D eigenvalue weighted by molar-refractivity contribution is 7.93. The first-order valence-electron chi connectivity index (χ1n) is 13.3. The predicted octanol–water partition coefficient (Wildman–Crippen LogP) is 6.31. The molecule has 7 rings (SSSR count). The summed E-state index contributed by atoms with van der Waals surface area (Å²) in [6.45, 7) is 2.87. The summed E-state index contributed by atoms with van der Waals surface area (Å²) in [5.74, 6) is 2.41. The molecule has 0 spiro atoms. The van der Waals surface area contributed by atoms with Crippen molar-refractivity contribution in [1.29, 1.82) is 0 Å². The molecule has 2 heterocycles. The Morgan fingerprint density at radius 3 is 2.56 bits per heavy atom. The molecule has 1 aromatic carbocycles. The molecule has 5 fully saturated rings. The van der Waals surface area contributed by atoms with Crippen LogP contribution in [0.3, 0.4) is 0 Å². The highest BCUT2D eigenvalue weighted by atomic mass is 35.5. The van der Waals surface area contributed by atoms with E-state index in [0.717, 1.165) is 42.7 Å². The van der Waals surface area contributed by atoms with Crippen LogP contribution >= 0.6 is 22.9 Å². The molecule has 1 saturated heterocycles. The lowest BCUT2D eigenvalue weighted by molar-refractivity contribution is -0.160. The first kappa shape index (κ1) is 25.1. The van der Waals surface area contributed by atoms with Crippen molar-refractivity contribution in [3.05, 3.63) is 39.9 Å². The van der Waals surface area contributed by atoms with Crippen molar-refractivity contribution >= 4 is 38.1 Å². The van der Waals surface area contributed by atoms with E-state index in [9.17, 15) is 8.42 Å². The number of halogens is 1. The Morgan fingerprint density at radius 2 is 1.89 bits per heavy atom. The third kappa shape index (κ3) is 4.62. The summed E-state index contributed by atoms with van der Waals surface area (Å²) >= 11 is 7.76. The number of hydrogen-bond acceptors (Lipinski definition) is 6. The lowest BCUT2D eigenvalue weighted by atomic mass is 9.49. The van der Waals surface area contributed by atoms with Gasteiger partial charge in [0.15, 0.2) is 11.4 Å². The Kier molecular flexibility index (Phi) is 6.86. The van der Waals surface area contributed by atoms with Gasteiger partial charge in [0, 0.05) is 22.4 Å². The molecule has 4 bridgehead atoms. The van der Waals surface area contributed by atoms with Gasteiger partial charge >= 0.3 is 0 Å². The maximum atomic E-state index is 14.0. The Balaban J connectivity index is 1.30. The van der Waals surface area contributed by atoms with Gasteiger partial charge in [0.25, 0.3) is 10.0 Å². The number of rotatable bonds is 8. The van der Waals surface area contributed by atoms with Gasteiger partial charge in [-0.25, -0.2) is 17.7 Å². The highest BCUT2D eigenvalue weighted by Crippen LogP contribution is 2.60. The highest BCUT2D eigenvalue weighted by Gasteiger charge is 2.52. The molecule has 1 unspecified atom stereocenters. The molecule has 0 N–H and O–H groups in total. The number of nitrogens with zero attached hydrogens (tertiary/aromatic N) is 2. The molecule has 1 aromatic heterocycles. The molecule has 1 atom stereocenters. The molecule has 5 aliphatic rings. The number of ether oxygens (including phenoxy) is 2. The van der Waals surface area contributed by atoms with E-state index in [1.807, 2.05) is 0 Å². The van der Waals surface area contributed by atoms with Gasteiger partial charge in [0.2, 0.25) is 0 Å². The van der Waals surface area contributed by atoms with Crippen LogP contribution in [0.25, 0.3) is 0 Å². The topological polar surface area (TPSA) is 68.7 Å². The van der Waals surface area contributed by atoms with E-state index in [1.54, 1.807) is 25.1 Å². The van der Waals surface area contributed by atoms with Crippen LogP contribution in [0, 0.1) is 24.7 Å². The van der Waals surface area contributed by atoms with Crippen LogP contribution in [0.2, 0.25) is 5.02 Å². The monoisotopic (exact) mass is 550 g/mol. The molecular formula is C27H35ClN2O4S2. The summed E-state index contributed by atoms with van der Waals surface area (Å²) in [4.78, 5) is 5.27. The smallest absolute Gasteiger partial charge is 0.266 e. The third-order valence-electron chi connectivity index (χ3n) is 8.81. The van der Waals surface area contributed by atoms with Crippen LogP contribution in [-0.2, 0) is 24.9 Å². The lowest BCUT2D eigenvalue weighted by Gasteiger charge is -2.56. The zero-order valence-electron chi connectivity index (χ0n) is 20.8. The maximum Gasteiger partial charge on any atom is 0.266 e. The van der Waals surface area contributed by atoms with Gasteiger partial charge in [-0.05, 0) is 100 Å². The standard InChI is InChI=1S/C27H35ClN2O4S2/c1-18-22(28)5-4-6-23(18)36(31,32)30(8-10-34-25-7-2-3-9-33-25)26-29-24(17-35-26)27-14-19-11-20(15-27)13-21(12-19)16-27/h4-6,17,19-21,25H,2-3,7-16H2,1H3. The van der Waals surface area contributed by atoms with Gasteiger partial charge < -0.3 is 9.47 Å². The average Bonchev–Trinajstić information content (AvgIpc) is 3.34. The minimum atomic E-state index is -3.88. The quantitative estimate of drug-likeness (QED) is 0.385. The number of aromatic nitrogens is 1. The van der Waals surface area contributed by atoms with Gasteiger partial charge in [0.1, 0.15) is 0 Å². The minimum Gasteiger partial charge on any atom is -0.353 e. The van der Waals surface area contributed by atoms with Gasteiger partial charge in [0.05, 0.1) is 23.7 Å². The molecule has 1 aliphatic heterocycles. The van der Waals surface area contributed by atoms with Crippen molar-refractivity contribution in [2.24, 2.45) is 17.8 Å². The van der Waals surface area contributed by atoms with E-state index in [1.165, 1.54) is 54.2 Å². The summed E-state index contributed by atoms with van der Waals surface area (Å²) in [5, 5.41) is 3.09. The summed E-state index contributed by atoms with van der Waals surface area (Å²) in [6, 6.07) is 5.04. The van der Waals surface area contributed by atoms with Crippen LogP contribution in [0.5, 0.6) is 0 Å². The van der Waals surface area contributed by atoms with Crippen molar-refractivity contribution in [1.82, 2.24) is 4.98 Å². The number of anilines is 1.